The van der Waals surface area contributed by atoms with Crippen LogP contribution in [0.25, 0.3) is 0 Å². The van der Waals surface area contributed by atoms with Crippen LogP contribution in [0.5, 0.6) is 0 Å². The molecule has 0 spiro atoms. The molecule has 3 aromatic rings. The number of halogens is 4. The molecular weight excluding hydrogens is 400 g/mol. The molecule has 6 nitrogen and oxygen atoms in total. The van der Waals surface area contributed by atoms with Gasteiger partial charge in [-0.2, -0.15) is 18.4 Å². The molecule has 0 aliphatic carbocycles. The van der Waals surface area contributed by atoms with Gasteiger partial charge >= 0.3 is 6.18 Å². The number of pyridine rings is 1. The molecule has 30 heavy (non-hydrogen) atoms. The Morgan fingerprint density at radius 3 is 2.43 bits per heavy atom. The fourth-order valence-electron chi connectivity index (χ4n) is 2.66. The maximum atomic E-state index is 13.2. The Labute approximate surface area is 168 Å². The second-order valence-corrected chi connectivity index (χ2v) is 6.16. The smallest absolute Gasteiger partial charge is 0.382 e. The number of nitrogen functional groups attached to an aromatic ring is 1. The first kappa shape index (κ1) is 20.7. The molecule has 0 fully saturated rings. The van der Waals surface area contributed by atoms with Crippen molar-refractivity contribution in [1.82, 2.24) is 4.98 Å². The highest BCUT2D eigenvalue weighted by Gasteiger charge is 2.34. The number of nitriles is 1. The normalized spacial score (nSPS) is 11.5. The van der Waals surface area contributed by atoms with Crippen molar-refractivity contribution in [3.8, 4) is 6.07 Å². The van der Waals surface area contributed by atoms with E-state index in [1.807, 2.05) is 12.1 Å². The number of azo groups is 1. The molecule has 0 bridgehead atoms. The standard InChI is InChI=1S/C20H14F4N6/c1-11-14(10-25)19(27-13-5-3-2-4-6-13)28-18(26)17(11)30-29-16-8-7-12(21)9-15(16)20(22,23)24/h2-9H,1H3,(H3,26,27,28)/b30-29+. The third-order valence-corrected chi connectivity index (χ3v) is 4.11. The Morgan fingerprint density at radius 2 is 1.80 bits per heavy atom. The number of hydrogen-bond acceptors (Lipinski definition) is 6. The SMILES string of the molecule is Cc1c(C#N)c(Nc2ccccc2)nc(N)c1/N=N/c1ccc(F)cc1C(F)(F)F. The number of nitrogens with zero attached hydrogens (tertiary/aromatic N) is 4. The van der Waals surface area contributed by atoms with Gasteiger partial charge in [-0.05, 0) is 37.3 Å². The third kappa shape index (κ3) is 4.35. The summed E-state index contributed by atoms with van der Waals surface area (Å²) >= 11 is 0. The third-order valence-electron chi connectivity index (χ3n) is 4.11. The van der Waals surface area contributed by atoms with Crippen molar-refractivity contribution < 1.29 is 17.6 Å². The molecule has 3 rings (SSSR count). The summed E-state index contributed by atoms with van der Waals surface area (Å²) in [6, 6.07) is 12.9. The predicted molar refractivity (Wildman–Crippen MR) is 103 cm³/mol. The Morgan fingerprint density at radius 1 is 1.10 bits per heavy atom. The molecule has 0 aliphatic heterocycles. The minimum Gasteiger partial charge on any atom is -0.382 e. The monoisotopic (exact) mass is 414 g/mol. The minimum absolute atomic E-state index is 0.0531. The lowest BCUT2D eigenvalue weighted by Crippen LogP contribution is -2.05. The molecule has 0 radical (unpaired) electrons. The van der Waals surface area contributed by atoms with E-state index in [2.05, 4.69) is 20.5 Å². The molecule has 152 valence electrons. The van der Waals surface area contributed by atoms with Crippen LogP contribution >= 0.6 is 0 Å². The summed E-state index contributed by atoms with van der Waals surface area (Å²) < 4.78 is 52.6. The molecule has 1 aromatic heterocycles. The van der Waals surface area contributed by atoms with Crippen LogP contribution in [0.4, 0.5) is 46.3 Å². The van der Waals surface area contributed by atoms with Gasteiger partial charge in [0.1, 0.15) is 17.6 Å². The van der Waals surface area contributed by atoms with Gasteiger partial charge in [-0.25, -0.2) is 9.37 Å². The van der Waals surface area contributed by atoms with E-state index in [4.69, 9.17) is 5.73 Å². The lowest BCUT2D eigenvalue weighted by Gasteiger charge is -2.13. The van der Waals surface area contributed by atoms with E-state index in [9.17, 15) is 22.8 Å². The number of benzene rings is 2. The van der Waals surface area contributed by atoms with E-state index in [0.717, 1.165) is 12.1 Å². The molecule has 2 aromatic carbocycles. The number of para-hydroxylation sites is 1. The van der Waals surface area contributed by atoms with Gasteiger partial charge in [-0.3, -0.25) is 0 Å². The number of hydrogen-bond donors (Lipinski definition) is 2. The van der Waals surface area contributed by atoms with Crippen LogP contribution in [0.2, 0.25) is 0 Å². The summed E-state index contributed by atoms with van der Waals surface area (Å²) in [4.78, 5) is 4.11. The summed E-state index contributed by atoms with van der Waals surface area (Å²) in [7, 11) is 0. The molecular formula is C20H14F4N6. The Balaban J connectivity index is 2.03. The number of aromatic nitrogens is 1. The number of anilines is 3. The molecule has 0 saturated heterocycles. The van der Waals surface area contributed by atoms with Crippen molar-refractivity contribution in [3.63, 3.8) is 0 Å². The zero-order chi connectivity index (χ0) is 21.9. The van der Waals surface area contributed by atoms with Crippen molar-refractivity contribution in [3.05, 3.63) is 71.0 Å². The highest BCUT2D eigenvalue weighted by Crippen LogP contribution is 2.39. The Bertz CT molecular complexity index is 1150. The molecule has 0 unspecified atom stereocenters. The summed E-state index contributed by atoms with van der Waals surface area (Å²) in [5.74, 6) is -1.01. The number of rotatable bonds is 4. The van der Waals surface area contributed by atoms with Gasteiger partial charge in [-0.15, -0.1) is 10.2 Å². The molecule has 0 amide bonds. The Kier molecular flexibility index (Phi) is 5.64. The molecule has 0 atom stereocenters. The van der Waals surface area contributed by atoms with Gasteiger partial charge in [0.25, 0.3) is 0 Å². The first-order valence-corrected chi connectivity index (χ1v) is 8.51. The summed E-state index contributed by atoms with van der Waals surface area (Å²) in [6.07, 6.45) is -4.82. The lowest BCUT2D eigenvalue weighted by molar-refractivity contribution is -0.137. The van der Waals surface area contributed by atoms with Crippen LogP contribution in [0.1, 0.15) is 16.7 Å². The van der Waals surface area contributed by atoms with Gasteiger partial charge in [-0.1, -0.05) is 18.2 Å². The lowest BCUT2D eigenvalue weighted by atomic mass is 10.1. The quantitative estimate of drug-likeness (QED) is 0.394. The van der Waals surface area contributed by atoms with Crippen molar-refractivity contribution in [2.24, 2.45) is 10.2 Å². The molecule has 3 N–H and O–H groups in total. The average molecular weight is 414 g/mol. The summed E-state index contributed by atoms with van der Waals surface area (Å²) in [6.45, 7) is 1.52. The molecule has 10 heteroatoms. The second kappa shape index (κ2) is 8.16. The van der Waals surface area contributed by atoms with Gasteiger partial charge < -0.3 is 11.1 Å². The zero-order valence-electron chi connectivity index (χ0n) is 15.5. The first-order valence-electron chi connectivity index (χ1n) is 8.51. The maximum absolute atomic E-state index is 13.2. The Hall–Kier alpha value is -4.00. The van der Waals surface area contributed by atoms with E-state index in [-0.39, 0.29) is 28.5 Å². The van der Waals surface area contributed by atoms with Crippen molar-refractivity contribution in [2.45, 2.75) is 13.1 Å². The predicted octanol–water partition coefficient (Wildman–Crippen LogP) is 6.16. The van der Waals surface area contributed by atoms with Crippen molar-refractivity contribution in [2.75, 3.05) is 11.1 Å². The van der Waals surface area contributed by atoms with Gasteiger partial charge in [0.2, 0.25) is 0 Å². The highest BCUT2D eigenvalue weighted by atomic mass is 19.4. The van der Waals surface area contributed by atoms with Gasteiger partial charge in [0, 0.05) is 11.3 Å². The van der Waals surface area contributed by atoms with E-state index in [1.165, 1.54) is 6.92 Å². The van der Waals surface area contributed by atoms with Crippen LogP contribution in [0.15, 0.2) is 58.8 Å². The van der Waals surface area contributed by atoms with E-state index in [0.29, 0.717) is 11.8 Å². The number of alkyl halides is 3. The average Bonchev–Trinajstić information content (AvgIpc) is 2.69. The molecule has 0 aliphatic rings. The van der Waals surface area contributed by atoms with E-state index < -0.39 is 23.2 Å². The van der Waals surface area contributed by atoms with E-state index >= 15 is 0 Å². The van der Waals surface area contributed by atoms with Crippen LogP contribution in [-0.2, 0) is 6.18 Å². The maximum Gasteiger partial charge on any atom is 0.418 e. The zero-order valence-corrected chi connectivity index (χ0v) is 15.5. The summed E-state index contributed by atoms with van der Waals surface area (Å²) in [5, 5.41) is 19.8. The number of nitrogens with two attached hydrogens (primary N) is 1. The van der Waals surface area contributed by atoms with Gasteiger partial charge in [0.05, 0.1) is 16.8 Å². The first-order chi connectivity index (χ1) is 14.2. The van der Waals surface area contributed by atoms with Crippen LogP contribution < -0.4 is 11.1 Å². The number of nitrogens with one attached hydrogen (secondary N) is 1. The fourth-order valence-corrected chi connectivity index (χ4v) is 2.66. The van der Waals surface area contributed by atoms with Crippen LogP contribution in [0.3, 0.4) is 0 Å². The summed E-state index contributed by atoms with van der Waals surface area (Å²) in [5.41, 5.74) is 5.04. The van der Waals surface area contributed by atoms with Crippen molar-refractivity contribution in [1.29, 1.82) is 5.26 Å². The minimum atomic E-state index is -4.82. The largest absolute Gasteiger partial charge is 0.418 e. The van der Waals surface area contributed by atoms with Crippen LogP contribution in [0, 0.1) is 24.1 Å². The van der Waals surface area contributed by atoms with Gasteiger partial charge in [0.15, 0.2) is 11.6 Å². The molecule has 0 saturated carbocycles. The topological polar surface area (TPSA) is 99.5 Å². The highest BCUT2D eigenvalue weighted by molar-refractivity contribution is 5.75. The fraction of sp³-hybridized carbons (Fsp3) is 0.100. The van der Waals surface area contributed by atoms with Crippen molar-refractivity contribution >= 4 is 28.7 Å². The van der Waals surface area contributed by atoms with Crippen LogP contribution in [-0.4, -0.2) is 4.98 Å². The second-order valence-electron chi connectivity index (χ2n) is 6.16. The van der Waals surface area contributed by atoms with E-state index in [1.54, 1.807) is 24.3 Å². The molecule has 1 heterocycles.